The van der Waals surface area contributed by atoms with Crippen LogP contribution in [0.5, 0.6) is 0 Å². The van der Waals surface area contributed by atoms with Crippen LogP contribution in [0.15, 0.2) is 24.3 Å². The van der Waals surface area contributed by atoms with Crippen molar-refractivity contribution in [2.24, 2.45) is 0 Å². The molecular formula is C15H20BN. The maximum atomic E-state index is 4.75. The van der Waals surface area contributed by atoms with E-state index >= 15 is 0 Å². The maximum absolute atomic E-state index is 4.75. The van der Waals surface area contributed by atoms with Crippen molar-refractivity contribution in [1.82, 2.24) is 4.98 Å². The molecule has 0 saturated heterocycles. The zero-order chi connectivity index (χ0) is 12.3. The van der Waals surface area contributed by atoms with Crippen LogP contribution in [-0.4, -0.2) is 12.8 Å². The minimum absolute atomic E-state index is 1.10. The smallest absolute Gasteiger partial charge is 0.139 e. The van der Waals surface area contributed by atoms with Crippen LogP contribution in [0.25, 0.3) is 10.9 Å². The molecule has 0 aliphatic rings. The van der Waals surface area contributed by atoms with Gasteiger partial charge < -0.3 is 0 Å². The summed E-state index contributed by atoms with van der Waals surface area (Å²) in [5, 5.41) is 1.27. The molecule has 2 aromatic rings. The molecule has 0 fully saturated rings. The summed E-state index contributed by atoms with van der Waals surface area (Å²) in [5.74, 6) is 0. The number of fused-ring (bicyclic) bond motifs is 1. The number of aryl methyl sites for hydroxylation is 2. The average molecular weight is 225 g/mol. The number of benzene rings is 1. The van der Waals surface area contributed by atoms with E-state index in [1.807, 2.05) is 0 Å². The second-order valence-electron chi connectivity index (χ2n) is 4.73. The molecule has 1 nitrogen and oxygen atoms in total. The third-order valence-electron chi connectivity index (χ3n) is 3.37. The lowest BCUT2D eigenvalue weighted by Crippen LogP contribution is -2.09. The van der Waals surface area contributed by atoms with Crippen LogP contribution in [0.3, 0.4) is 0 Å². The first-order valence-electron chi connectivity index (χ1n) is 6.63. The molecule has 88 valence electrons. The van der Waals surface area contributed by atoms with Crippen molar-refractivity contribution < 1.29 is 0 Å². The van der Waals surface area contributed by atoms with Gasteiger partial charge in [0.2, 0.25) is 0 Å². The summed E-state index contributed by atoms with van der Waals surface area (Å²) in [6.07, 6.45) is 4.65. The Balaban J connectivity index is 2.40. The second kappa shape index (κ2) is 5.35. The molecule has 1 aromatic heterocycles. The Morgan fingerprint density at radius 3 is 2.71 bits per heavy atom. The predicted octanol–water partition coefficient (Wildman–Crippen LogP) is 2.40. The Hall–Kier alpha value is -1.31. The lowest BCUT2D eigenvalue weighted by atomic mass is 9.88. The topological polar surface area (TPSA) is 12.9 Å². The molecule has 1 aromatic carbocycles. The van der Waals surface area contributed by atoms with Crippen molar-refractivity contribution >= 4 is 24.2 Å². The van der Waals surface area contributed by atoms with Crippen LogP contribution >= 0.6 is 0 Å². The van der Waals surface area contributed by atoms with Crippen LogP contribution in [-0.2, 0) is 12.8 Å². The van der Waals surface area contributed by atoms with E-state index in [0.717, 1.165) is 18.4 Å². The van der Waals surface area contributed by atoms with Crippen LogP contribution < -0.4 is 5.46 Å². The van der Waals surface area contributed by atoms with Gasteiger partial charge in [-0.25, -0.2) is 0 Å². The summed E-state index contributed by atoms with van der Waals surface area (Å²) in [4.78, 5) is 4.75. The fourth-order valence-corrected chi connectivity index (χ4v) is 2.24. The van der Waals surface area contributed by atoms with Crippen molar-refractivity contribution in [1.29, 1.82) is 0 Å². The van der Waals surface area contributed by atoms with Crippen LogP contribution in [0.4, 0.5) is 0 Å². The lowest BCUT2D eigenvalue weighted by Gasteiger charge is -2.07. The Kier molecular flexibility index (Phi) is 3.83. The number of pyridine rings is 1. The summed E-state index contributed by atoms with van der Waals surface area (Å²) in [6, 6.07) is 8.89. The van der Waals surface area contributed by atoms with Crippen molar-refractivity contribution in [3.63, 3.8) is 0 Å². The third kappa shape index (κ3) is 2.69. The van der Waals surface area contributed by atoms with Gasteiger partial charge in [0, 0.05) is 11.1 Å². The molecule has 0 aliphatic heterocycles. The van der Waals surface area contributed by atoms with E-state index < -0.39 is 0 Å². The highest BCUT2D eigenvalue weighted by atomic mass is 14.7. The molecule has 0 spiro atoms. The van der Waals surface area contributed by atoms with E-state index in [-0.39, 0.29) is 0 Å². The van der Waals surface area contributed by atoms with Crippen molar-refractivity contribution in [3.8, 4) is 0 Å². The van der Waals surface area contributed by atoms with Gasteiger partial charge in [0.05, 0.1) is 5.52 Å². The molecule has 0 bridgehead atoms. The predicted molar refractivity (Wildman–Crippen MR) is 77.9 cm³/mol. The monoisotopic (exact) mass is 225 g/mol. The van der Waals surface area contributed by atoms with E-state index in [1.54, 1.807) is 0 Å². The number of nitrogens with zero attached hydrogens (tertiary/aromatic N) is 1. The van der Waals surface area contributed by atoms with Gasteiger partial charge in [0.15, 0.2) is 0 Å². The normalized spacial score (nSPS) is 10.9. The molecule has 0 N–H and O–H groups in total. The molecule has 0 radical (unpaired) electrons. The average Bonchev–Trinajstić information content (AvgIpc) is 2.35. The molecule has 0 saturated carbocycles. The molecule has 17 heavy (non-hydrogen) atoms. The van der Waals surface area contributed by atoms with Crippen molar-refractivity contribution in [3.05, 3.63) is 35.5 Å². The minimum atomic E-state index is 1.10. The van der Waals surface area contributed by atoms with Gasteiger partial charge in [-0.1, -0.05) is 43.4 Å². The first-order chi connectivity index (χ1) is 8.24. The van der Waals surface area contributed by atoms with E-state index in [1.165, 1.54) is 34.9 Å². The van der Waals surface area contributed by atoms with E-state index in [0.29, 0.717) is 0 Å². The number of hydrogen-bond acceptors (Lipinski definition) is 1. The summed E-state index contributed by atoms with van der Waals surface area (Å²) < 4.78 is 0. The fraction of sp³-hybridized carbons (Fsp3) is 0.400. The summed E-state index contributed by atoms with van der Waals surface area (Å²) in [5.41, 5.74) is 5.16. The highest BCUT2D eigenvalue weighted by Crippen LogP contribution is 2.14. The van der Waals surface area contributed by atoms with Gasteiger partial charge in [-0.2, -0.15) is 0 Å². The zero-order valence-electron chi connectivity index (χ0n) is 11.1. The second-order valence-corrected chi connectivity index (χ2v) is 4.73. The molecule has 0 amide bonds. The molecule has 0 aliphatic carbocycles. The van der Waals surface area contributed by atoms with Gasteiger partial charge in [-0.3, -0.25) is 4.98 Å². The lowest BCUT2D eigenvalue weighted by molar-refractivity contribution is 0.780. The molecular weight excluding hydrogens is 205 g/mol. The van der Waals surface area contributed by atoms with Crippen molar-refractivity contribution in [2.75, 3.05) is 0 Å². The fourth-order valence-electron chi connectivity index (χ4n) is 2.24. The Bertz CT molecular complexity index is 520. The van der Waals surface area contributed by atoms with Gasteiger partial charge in [0.1, 0.15) is 7.85 Å². The minimum Gasteiger partial charge on any atom is -0.253 e. The first-order valence-corrected chi connectivity index (χ1v) is 6.63. The van der Waals surface area contributed by atoms with E-state index in [2.05, 4.69) is 46.0 Å². The highest BCUT2D eigenvalue weighted by molar-refractivity contribution is 6.34. The number of hydrogen-bond donors (Lipinski definition) is 0. The Labute approximate surface area is 105 Å². The van der Waals surface area contributed by atoms with Crippen LogP contribution in [0.1, 0.15) is 37.9 Å². The van der Waals surface area contributed by atoms with E-state index in [9.17, 15) is 0 Å². The molecule has 2 heteroatoms. The first kappa shape index (κ1) is 12.2. The SMILES string of the molecule is Bc1cc2nc(CCCC)ccc2cc1CC. The largest absolute Gasteiger partial charge is 0.253 e. The highest BCUT2D eigenvalue weighted by Gasteiger charge is 2.02. The third-order valence-corrected chi connectivity index (χ3v) is 3.37. The quantitative estimate of drug-likeness (QED) is 0.728. The summed E-state index contributed by atoms with van der Waals surface area (Å²) in [6.45, 7) is 4.43. The molecule has 0 unspecified atom stereocenters. The number of rotatable bonds is 4. The van der Waals surface area contributed by atoms with E-state index in [4.69, 9.17) is 4.98 Å². The number of aromatic nitrogens is 1. The maximum Gasteiger partial charge on any atom is 0.139 e. The van der Waals surface area contributed by atoms with Gasteiger partial charge >= 0.3 is 0 Å². The van der Waals surface area contributed by atoms with Gasteiger partial charge in [-0.15, -0.1) is 0 Å². The van der Waals surface area contributed by atoms with Gasteiger partial charge in [-0.05, 0) is 31.4 Å². The standard InChI is InChI=1S/C15H20BN/c1-3-5-6-13-8-7-12-9-11(4-2)14(16)10-15(12)17-13/h7-10H,3-6,16H2,1-2H3. The summed E-state index contributed by atoms with van der Waals surface area (Å²) >= 11 is 0. The van der Waals surface area contributed by atoms with Crippen molar-refractivity contribution in [2.45, 2.75) is 39.5 Å². The molecule has 0 atom stereocenters. The number of unbranched alkanes of at least 4 members (excludes halogenated alkanes) is 1. The molecule has 2 rings (SSSR count). The van der Waals surface area contributed by atoms with Crippen LogP contribution in [0, 0.1) is 0 Å². The molecule has 1 heterocycles. The van der Waals surface area contributed by atoms with Crippen LogP contribution in [0.2, 0.25) is 0 Å². The van der Waals surface area contributed by atoms with Gasteiger partial charge in [0.25, 0.3) is 0 Å². The zero-order valence-corrected chi connectivity index (χ0v) is 11.1. The Morgan fingerprint density at radius 1 is 1.18 bits per heavy atom. The Morgan fingerprint density at radius 2 is 2.00 bits per heavy atom. The summed E-state index contributed by atoms with van der Waals surface area (Å²) in [7, 11) is 2.18.